The van der Waals surface area contributed by atoms with Gasteiger partial charge in [-0.15, -0.1) is 0 Å². The van der Waals surface area contributed by atoms with Crippen LogP contribution >= 0.6 is 0 Å². The maximum absolute atomic E-state index is 10.1. The molecule has 2 rings (SSSR count). The Bertz CT molecular complexity index is 408. The van der Waals surface area contributed by atoms with Gasteiger partial charge in [-0.3, -0.25) is 4.98 Å². The zero-order chi connectivity index (χ0) is 13.7. The smallest absolute Gasteiger partial charge is 0.149 e. The zero-order valence-corrected chi connectivity index (χ0v) is 11.9. The molecular formula is C14H24N4O. The molecule has 0 spiro atoms. The molecule has 0 radical (unpaired) electrons. The van der Waals surface area contributed by atoms with Gasteiger partial charge in [-0.2, -0.15) is 0 Å². The molecule has 0 amide bonds. The third-order valence-electron chi connectivity index (χ3n) is 3.57. The summed E-state index contributed by atoms with van der Waals surface area (Å²) in [6.07, 6.45) is 7.25. The van der Waals surface area contributed by atoms with E-state index in [1.165, 1.54) is 0 Å². The molecule has 5 nitrogen and oxygen atoms in total. The number of hydrogen-bond acceptors (Lipinski definition) is 5. The van der Waals surface area contributed by atoms with Crippen molar-refractivity contribution in [2.45, 2.75) is 45.1 Å². The van der Waals surface area contributed by atoms with Gasteiger partial charge in [-0.25, -0.2) is 4.98 Å². The summed E-state index contributed by atoms with van der Waals surface area (Å²) in [6, 6.07) is 0. The van der Waals surface area contributed by atoms with Crippen molar-refractivity contribution in [3.05, 3.63) is 12.4 Å². The van der Waals surface area contributed by atoms with E-state index in [1.807, 2.05) is 6.92 Å². The Balaban J connectivity index is 2.04. The molecule has 5 heteroatoms. The van der Waals surface area contributed by atoms with E-state index in [1.54, 1.807) is 12.4 Å². The highest BCUT2D eigenvalue weighted by atomic mass is 16.3. The second-order valence-electron chi connectivity index (χ2n) is 5.53. The van der Waals surface area contributed by atoms with Crippen LogP contribution in [0.1, 0.15) is 39.5 Å². The van der Waals surface area contributed by atoms with E-state index >= 15 is 0 Å². The van der Waals surface area contributed by atoms with Crippen molar-refractivity contribution in [1.29, 1.82) is 0 Å². The summed E-state index contributed by atoms with van der Waals surface area (Å²) >= 11 is 0. The molecule has 2 heterocycles. The number of rotatable bonds is 4. The molecule has 0 saturated carbocycles. The number of anilines is 2. The fourth-order valence-corrected chi connectivity index (χ4v) is 2.34. The number of aromatic nitrogens is 2. The molecule has 1 aliphatic rings. The summed E-state index contributed by atoms with van der Waals surface area (Å²) in [5.41, 5.74) is -0.541. The fraction of sp³-hybridized carbons (Fsp3) is 0.714. The predicted molar refractivity (Wildman–Crippen MR) is 77.5 cm³/mol. The van der Waals surface area contributed by atoms with Gasteiger partial charge in [0.2, 0.25) is 0 Å². The Morgan fingerprint density at radius 3 is 3.00 bits per heavy atom. The van der Waals surface area contributed by atoms with E-state index in [2.05, 4.69) is 27.1 Å². The molecule has 1 saturated heterocycles. The van der Waals surface area contributed by atoms with Gasteiger partial charge in [0.1, 0.15) is 11.6 Å². The summed E-state index contributed by atoms with van der Waals surface area (Å²) in [5, 5.41) is 13.4. The third kappa shape index (κ3) is 4.06. The highest BCUT2D eigenvalue weighted by Crippen LogP contribution is 2.24. The highest BCUT2D eigenvalue weighted by molar-refractivity contribution is 5.43. The lowest BCUT2D eigenvalue weighted by Crippen LogP contribution is -2.29. The first-order chi connectivity index (χ1) is 9.11. The minimum absolute atomic E-state index is 0.541. The highest BCUT2D eigenvalue weighted by Gasteiger charge is 2.25. The Kier molecular flexibility index (Phi) is 4.58. The fourth-order valence-electron chi connectivity index (χ4n) is 2.34. The van der Waals surface area contributed by atoms with E-state index in [0.29, 0.717) is 0 Å². The second kappa shape index (κ2) is 6.19. The minimum Gasteiger partial charge on any atom is -0.390 e. The average Bonchev–Trinajstić information content (AvgIpc) is 2.58. The summed E-state index contributed by atoms with van der Waals surface area (Å²) in [5.74, 6) is 1.73. The monoisotopic (exact) mass is 264 g/mol. The van der Waals surface area contributed by atoms with Crippen molar-refractivity contribution in [1.82, 2.24) is 9.97 Å². The molecule has 1 aromatic rings. The maximum atomic E-state index is 10.1. The summed E-state index contributed by atoms with van der Waals surface area (Å²) in [7, 11) is 0. The van der Waals surface area contributed by atoms with E-state index < -0.39 is 5.60 Å². The first-order valence-corrected chi connectivity index (χ1v) is 7.14. The third-order valence-corrected chi connectivity index (χ3v) is 3.57. The normalized spacial score (nSPS) is 24.1. The van der Waals surface area contributed by atoms with Crippen LogP contribution in [0.4, 0.5) is 11.6 Å². The van der Waals surface area contributed by atoms with Crippen LogP contribution in [0.3, 0.4) is 0 Å². The molecule has 0 aromatic carbocycles. The molecular weight excluding hydrogens is 240 g/mol. The van der Waals surface area contributed by atoms with Crippen molar-refractivity contribution in [3.63, 3.8) is 0 Å². The molecule has 1 aromatic heterocycles. The molecule has 1 unspecified atom stereocenters. The number of hydrogen-bond donors (Lipinski definition) is 2. The SMILES string of the molecule is CCCNc1cncc(N2CCCC(C)(O)CC2)n1. The lowest BCUT2D eigenvalue weighted by atomic mass is 9.98. The van der Waals surface area contributed by atoms with Gasteiger partial charge in [0.15, 0.2) is 0 Å². The van der Waals surface area contributed by atoms with Gasteiger partial charge in [0, 0.05) is 19.6 Å². The summed E-state index contributed by atoms with van der Waals surface area (Å²) in [6.45, 7) is 6.72. The first-order valence-electron chi connectivity index (χ1n) is 7.14. The Labute approximate surface area is 115 Å². The minimum atomic E-state index is -0.541. The Morgan fingerprint density at radius 2 is 2.21 bits per heavy atom. The van der Waals surface area contributed by atoms with Crippen molar-refractivity contribution < 1.29 is 5.11 Å². The molecule has 1 fully saturated rings. The molecule has 1 aliphatic heterocycles. The largest absolute Gasteiger partial charge is 0.390 e. The van der Waals surface area contributed by atoms with E-state index in [0.717, 1.165) is 57.0 Å². The molecule has 1 atom stereocenters. The van der Waals surface area contributed by atoms with Crippen LogP contribution in [0.25, 0.3) is 0 Å². The molecule has 0 bridgehead atoms. The van der Waals surface area contributed by atoms with Crippen molar-refractivity contribution in [3.8, 4) is 0 Å². The van der Waals surface area contributed by atoms with E-state index in [-0.39, 0.29) is 0 Å². The molecule has 19 heavy (non-hydrogen) atoms. The van der Waals surface area contributed by atoms with Crippen LogP contribution in [-0.2, 0) is 0 Å². The standard InChI is InChI=1S/C14H24N4O/c1-3-7-16-12-10-15-11-13(17-12)18-8-4-5-14(2,19)6-9-18/h10-11,19H,3-9H2,1-2H3,(H,16,17). The van der Waals surface area contributed by atoms with Crippen LogP contribution in [-0.4, -0.2) is 40.3 Å². The van der Waals surface area contributed by atoms with Crippen molar-refractivity contribution >= 4 is 11.6 Å². The lowest BCUT2D eigenvalue weighted by Gasteiger charge is -2.23. The predicted octanol–water partition coefficient (Wildman–Crippen LogP) is 2.04. The van der Waals surface area contributed by atoms with E-state index in [9.17, 15) is 5.11 Å². The quantitative estimate of drug-likeness (QED) is 0.871. The summed E-state index contributed by atoms with van der Waals surface area (Å²) in [4.78, 5) is 11.1. The Hall–Kier alpha value is -1.36. The van der Waals surface area contributed by atoms with Crippen LogP contribution < -0.4 is 10.2 Å². The topological polar surface area (TPSA) is 61.3 Å². The molecule has 0 aliphatic carbocycles. The zero-order valence-electron chi connectivity index (χ0n) is 11.9. The summed E-state index contributed by atoms with van der Waals surface area (Å²) < 4.78 is 0. The van der Waals surface area contributed by atoms with Gasteiger partial charge in [0.05, 0.1) is 18.0 Å². The van der Waals surface area contributed by atoms with Gasteiger partial charge in [0.25, 0.3) is 0 Å². The van der Waals surface area contributed by atoms with Gasteiger partial charge >= 0.3 is 0 Å². The van der Waals surface area contributed by atoms with Crippen molar-refractivity contribution in [2.75, 3.05) is 29.9 Å². The van der Waals surface area contributed by atoms with E-state index in [4.69, 9.17) is 0 Å². The van der Waals surface area contributed by atoms with Gasteiger partial charge in [-0.05, 0) is 32.6 Å². The number of nitrogens with zero attached hydrogens (tertiary/aromatic N) is 3. The number of aliphatic hydroxyl groups is 1. The molecule has 2 N–H and O–H groups in total. The van der Waals surface area contributed by atoms with Gasteiger partial charge < -0.3 is 15.3 Å². The lowest BCUT2D eigenvalue weighted by molar-refractivity contribution is 0.0481. The number of nitrogens with one attached hydrogen (secondary N) is 1. The Morgan fingerprint density at radius 1 is 1.37 bits per heavy atom. The van der Waals surface area contributed by atoms with Crippen LogP contribution in [0.5, 0.6) is 0 Å². The van der Waals surface area contributed by atoms with Crippen LogP contribution in [0, 0.1) is 0 Å². The van der Waals surface area contributed by atoms with Crippen LogP contribution in [0.2, 0.25) is 0 Å². The van der Waals surface area contributed by atoms with Crippen LogP contribution in [0.15, 0.2) is 12.4 Å². The average molecular weight is 264 g/mol. The molecule has 106 valence electrons. The first kappa shape index (κ1) is 14.1. The van der Waals surface area contributed by atoms with Gasteiger partial charge in [-0.1, -0.05) is 6.92 Å². The van der Waals surface area contributed by atoms with Crippen molar-refractivity contribution in [2.24, 2.45) is 0 Å². The maximum Gasteiger partial charge on any atom is 0.149 e. The second-order valence-corrected chi connectivity index (χ2v) is 5.53.